The number of hydrogen-bond acceptors (Lipinski definition) is 10. The quantitative estimate of drug-likeness (QED) is 0.0982. The molecule has 40 heavy (non-hydrogen) atoms. The number of esters is 2. The van der Waals surface area contributed by atoms with E-state index in [9.17, 15) is 30.0 Å². The fraction of sp³-hybridized carbons (Fsp3) is 0.933. The van der Waals surface area contributed by atoms with Crippen molar-refractivity contribution in [2.75, 3.05) is 19.8 Å². The van der Waals surface area contributed by atoms with E-state index in [0.717, 1.165) is 25.7 Å². The fourth-order valence-corrected chi connectivity index (χ4v) is 4.63. The molecule has 4 N–H and O–H groups in total. The van der Waals surface area contributed by atoms with Crippen LogP contribution in [0.1, 0.15) is 123 Å². The summed E-state index contributed by atoms with van der Waals surface area (Å²) in [7, 11) is 0. The van der Waals surface area contributed by atoms with Gasteiger partial charge in [0.25, 0.3) is 0 Å². The molecule has 0 amide bonds. The first kappa shape index (κ1) is 36.7. The molecule has 1 saturated heterocycles. The molecular weight excluding hydrogens is 520 g/mol. The largest absolute Gasteiger partial charge is 0.462 e. The zero-order chi connectivity index (χ0) is 29.6. The van der Waals surface area contributed by atoms with Crippen LogP contribution >= 0.6 is 0 Å². The number of aliphatic hydroxyl groups excluding tert-OH is 4. The van der Waals surface area contributed by atoms with Gasteiger partial charge in [-0.2, -0.15) is 0 Å². The molecule has 1 heterocycles. The number of hydrogen-bond donors (Lipinski definition) is 4. The molecule has 10 heteroatoms. The van der Waals surface area contributed by atoms with Gasteiger partial charge in [-0.1, -0.05) is 97.3 Å². The standard InChI is InChI=1S/C30H56O10/c1-3-5-7-8-9-10-11-12-13-14-15-16-17-19-25(32)37-21-23(39-26(33)18-6-4-2)22-38-30-29(36)28(35)27(34)24(20-31)40-30/h23-24,27-31,34-36H,3-22H2,1-2H3/t23-,24-,27+,28+,29-,30-/m1/s1. The van der Waals surface area contributed by atoms with Crippen molar-refractivity contribution in [3.05, 3.63) is 0 Å². The molecule has 6 atom stereocenters. The minimum Gasteiger partial charge on any atom is -0.462 e. The third kappa shape index (κ3) is 16.2. The second kappa shape index (κ2) is 23.3. The summed E-state index contributed by atoms with van der Waals surface area (Å²) in [6.45, 7) is 3.12. The molecule has 0 bridgehead atoms. The van der Waals surface area contributed by atoms with E-state index in [1.54, 1.807) is 0 Å². The van der Waals surface area contributed by atoms with E-state index >= 15 is 0 Å². The van der Waals surface area contributed by atoms with Crippen LogP contribution in [0, 0.1) is 0 Å². The Morgan fingerprint density at radius 1 is 0.675 bits per heavy atom. The van der Waals surface area contributed by atoms with Crippen molar-refractivity contribution < 1.29 is 49.0 Å². The molecule has 1 aliphatic heterocycles. The topological polar surface area (TPSA) is 152 Å². The molecule has 10 nitrogen and oxygen atoms in total. The molecule has 0 spiro atoms. The van der Waals surface area contributed by atoms with Crippen LogP contribution in [-0.4, -0.2) is 89.0 Å². The van der Waals surface area contributed by atoms with Crippen LogP contribution in [-0.2, 0) is 28.5 Å². The number of ether oxygens (including phenoxy) is 4. The summed E-state index contributed by atoms with van der Waals surface area (Å²) in [6.07, 6.45) is 9.68. The highest BCUT2D eigenvalue weighted by molar-refractivity contribution is 5.70. The fourth-order valence-electron chi connectivity index (χ4n) is 4.63. The second-order valence-electron chi connectivity index (χ2n) is 10.9. The Morgan fingerprint density at radius 2 is 1.20 bits per heavy atom. The SMILES string of the molecule is CCCCCCCCCCCCCCCC(=O)OC[C@H](CO[C@@H]1O[C@H](CO)[C@H](O)[C@H](O)[C@H]1O)OC(=O)CCCC. The number of aliphatic hydroxyl groups is 4. The summed E-state index contributed by atoms with van der Waals surface area (Å²) in [4.78, 5) is 24.4. The number of carbonyl (C=O) groups excluding carboxylic acids is 2. The van der Waals surface area contributed by atoms with Crippen molar-refractivity contribution >= 4 is 11.9 Å². The van der Waals surface area contributed by atoms with Gasteiger partial charge in [0.05, 0.1) is 13.2 Å². The lowest BCUT2D eigenvalue weighted by Gasteiger charge is -2.39. The van der Waals surface area contributed by atoms with E-state index in [1.165, 1.54) is 64.2 Å². The predicted molar refractivity (Wildman–Crippen MR) is 150 cm³/mol. The number of unbranched alkanes of at least 4 members (excludes halogenated alkanes) is 13. The molecule has 0 aromatic carbocycles. The van der Waals surface area contributed by atoms with Gasteiger partial charge in [0.15, 0.2) is 12.4 Å². The highest BCUT2D eigenvalue weighted by Crippen LogP contribution is 2.22. The smallest absolute Gasteiger partial charge is 0.306 e. The summed E-state index contributed by atoms with van der Waals surface area (Å²) in [5, 5.41) is 39.4. The maximum Gasteiger partial charge on any atom is 0.306 e. The maximum absolute atomic E-state index is 12.3. The highest BCUT2D eigenvalue weighted by Gasteiger charge is 2.44. The average molecular weight is 577 g/mol. The zero-order valence-corrected chi connectivity index (χ0v) is 24.8. The first-order valence-corrected chi connectivity index (χ1v) is 15.6. The van der Waals surface area contributed by atoms with Crippen LogP contribution in [0.2, 0.25) is 0 Å². The van der Waals surface area contributed by atoms with E-state index in [4.69, 9.17) is 18.9 Å². The minimum atomic E-state index is -1.58. The van der Waals surface area contributed by atoms with Gasteiger partial charge in [-0.3, -0.25) is 9.59 Å². The van der Waals surface area contributed by atoms with E-state index < -0.39 is 49.4 Å². The van der Waals surface area contributed by atoms with Crippen LogP contribution in [0.5, 0.6) is 0 Å². The van der Waals surface area contributed by atoms with Gasteiger partial charge in [-0.05, 0) is 12.8 Å². The third-order valence-electron chi connectivity index (χ3n) is 7.24. The zero-order valence-electron chi connectivity index (χ0n) is 24.8. The van der Waals surface area contributed by atoms with Crippen molar-refractivity contribution in [1.29, 1.82) is 0 Å². The summed E-state index contributed by atoms with van der Waals surface area (Å²) < 4.78 is 21.6. The first-order chi connectivity index (χ1) is 19.3. The van der Waals surface area contributed by atoms with Crippen LogP contribution in [0.15, 0.2) is 0 Å². The molecule has 0 unspecified atom stereocenters. The van der Waals surface area contributed by atoms with Gasteiger partial charge in [-0.15, -0.1) is 0 Å². The Labute approximate surface area is 240 Å². The van der Waals surface area contributed by atoms with Crippen molar-refractivity contribution in [3.63, 3.8) is 0 Å². The average Bonchev–Trinajstić information content (AvgIpc) is 2.95. The number of carbonyl (C=O) groups is 2. The normalized spacial score (nSPS) is 23.6. The van der Waals surface area contributed by atoms with Crippen LogP contribution in [0.4, 0.5) is 0 Å². The molecule has 1 aliphatic rings. The van der Waals surface area contributed by atoms with Crippen molar-refractivity contribution in [2.45, 2.75) is 160 Å². The molecule has 0 radical (unpaired) electrons. The Balaban J connectivity index is 2.31. The summed E-state index contributed by atoms with van der Waals surface area (Å²) in [6, 6.07) is 0. The van der Waals surface area contributed by atoms with Crippen LogP contribution < -0.4 is 0 Å². The summed E-state index contributed by atoms with van der Waals surface area (Å²) >= 11 is 0. The number of rotatable bonds is 24. The molecule has 0 saturated carbocycles. The van der Waals surface area contributed by atoms with Gasteiger partial charge in [0, 0.05) is 12.8 Å². The molecule has 0 aromatic rings. The Morgan fingerprint density at radius 3 is 1.75 bits per heavy atom. The lowest BCUT2D eigenvalue weighted by atomic mass is 9.99. The monoisotopic (exact) mass is 576 g/mol. The van der Waals surface area contributed by atoms with Crippen molar-refractivity contribution in [2.24, 2.45) is 0 Å². The van der Waals surface area contributed by atoms with E-state index in [2.05, 4.69) is 6.92 Å². The van der Waals surface area contributed by atoms with Gasteiger partial charge in [-0.25, -0.2) is 0 Å². The molecule has 1 rings (SSSR count). The second-order valence-corrected chi connectivity index (χ2v) is 10.9. The van der Waals surface area contributed by atoms with Crippen LogP contribution in [0.3, 0.4) is 0 Å². The van der Waals surface area contributed by atoms with Gasteiger partial charge in [0.2, 0.25) is 0 Å². The van der Waals surface area contributed by atoms with Crippen molar-refractivity contribution in [1.82, 2.24) is 0 Å². The Kier molecular flexibility index (Phi) is 21.4. The van der Waals surface area contributed by atoms with Crippen molar-refractivity contribution in [3.8, 4) is 0 Å². The van der Waals surface area contributed by atoms with Crippen LogP contribution in [0.25, 0.3) is 0 Å². The van der Waals surface area contributed by atoms with Gasteiger partial charge < -0.3 is 39.4 Å². The maximum atomic E-state index is 12.3. The van der Waals surface area contributed by atoms with E-state index in [-0.39, 0.29) is 32.0 Å². The Bertz CT molecular complexity index is 644. The Hall–Kier alpha value is -1.30. The first-order valence-electron chi connectivity index (χ1n) is 15.6. The molecular formula is C30H56O10. The lowest BCUT2D eigenvalue weighted by molar-refractivity contribution is -0.305. The minimum absolute atomic E-state index is 0.208. The third-order valence-corrected chi connectivity index (χ3v) is 7.24. The molecule has 0 aliphatic carbocycles. The molecule has 236 valence electrons. The molecule has 1 fully saturated rings. The lowest BCUT2D eigenvalue weighted by Crippen LogP contribution is -2.59. The van der Waals surface area contributed by atoms with E-state index in [0.29, 0.717) is 6.42 Å². The highest BCUT2D eigenvalue weighted by atomic mass is 16.7. The summed E-state index contributed by atoms with van der Waals surface area (Å²) in [5.74, 6) is -0.845. The molecule has 0 aromatic heterocycles. The summed E-state index contributed by atoms with van der Waals surface area (Å²) in [5.41, 5.74) is 0. The van der Waals surface area contributed by atoms with Gasteiger partial charge in [0.1, 0.15) is 31.0 Å². The van der Waals surface area contributed by atoms with E-state index in [1.807, 2.05) is 6.92 Å². The van der Waals surface area contributed by atoms with Gasteiger partial charge >= 0.3 is 11.9 Å². The predicted octanol–water partition coefficient (Wildman–Crippen LogP) is 3.93.